The Labute approximate surface area is 191 Å². The minimum absolute atomic E-state index is 0.0375. The van der Waals surface area contributed by atoms with Crippen molar-refractivity contribution >= 4 is 17.9 Å². The number of nitrogens with zero attached hydrogens (tertiary/aromatic N) is 2. The molecule has 8 heteroatoms. The minimum Gasteiger partial charge on any atom is -0.453 e. The Hall–Kier alpha value is -1.83. The van der Waals surface area contributed by atoms with E-state index in [1.807, 2.05) is 4.90 Å². The first-order valence-corrected chi connectivity index (χ1v) is 12.4. The summed E-state index contributed by atoms with van der Waals surface area (Å²) in [6.07, 6.45) is 8.21. The summed E-state index contributed by atoms with van der Waals surface area (Å²) in [6.45, 7) is 4.99. The SMILES string of the molecule is COC(=O)NC1CCC(C2CCC3C(C2)N(C(=O)C2CCCO2)C[C@H](C)N3C(C)=O)CC1. The molecule has 0 aromatic heterocycles. The molecule has 4 fully saturated rings. The zero-order valence-corrected chi connectivity index (χ0v) is 19.8. The van der Waals surface area contributed by atoms with E-state index in [0.29, 0.717) is 25.0 Å². The van der Waals surface area contributed by atoms with Crippen LogP contribution in [0.3, 0.4) is 0 Å². The zero-order chi connectivity index (χ0) is 22.8. The second-order valence-electron chi connectivity index (χ2n) is 10.2. The molecule has 0 spiro atoms. The largest absolute Gasteiger partial charge is 0.453 e. The molecule has 180 valence electrons. The number of fused-ring (bicyclic) bond motifs is 1. The van der Waals surface area contributed by atoms with Crippen molar-refractivity contribution in [1.82, 2.24) is 15.1 Å². The lowest BCUT2D eigenvalue weighted by molar-refractivity contribution is -0.160. The molecule has 0 radical (unpaired) electrons. The molecule has 2 saturated carbocycles. The molecule has 0 aromatic carbocycles. The van der Waals surface area contributed by atoms with Crippen molar-refractivity contribution < 1.29 is 23.9 Å². The van der Waals surface area contributed by atoms with E-state index in [1.54, 1.807) is 6.92 Å². The van der Waals surface area contributed by atoms with Crippen LogP contribution in [-0.2, 0) is 19.1 Å². The molecule has 2 aliphatic heterocycles. The van der Waals surface area contributed by atoms with Crippen molar-refractivity contribution in [1.29, 1.82) is 0 Å². The lowest BCUT2D eigenvalue weighted by Crippen LogP contribution is -2.68. The predicted octanol–water partition coefficient (Wildman–Crippen LogP) is 2.70. The third kappa shape index (κ3) is 4.75. The third-order valence-electron chi connectivity index (χ3n) is 8.31. The summed E-state index contributed by atoms with van der Waals surface area (Å²) >= 11 is 0. The molecule has 8 nitrogen and oxygen atoms in total. The molecule has 2 heterocycles. The molecule has 4 rings (SSSR count). The van der Waals surface area contributed by atoms with Crippen LogP contribution < -0.4 is 5.32 Å². The Balaban J connectivity index is 1.44. The maximum Gasteiger partial charge on any atom is 0.407 e. The molecule has 32 heavy (non-hydrogen) atoms. The third-order valence-corrected chi connectivity index (χ3v) is 8.31. The molecule has 4 aliphatic rings. The predicted molar refractivity (Wildman–Crippen MR) is 119 cm³/mol. The van der Waals surface area contributed by atoms with Gasteiger partial charge in [0.1, 0.15) is 6.10 Å². The highest BCUT2D eigenvalue weighted by atomic mass is 16.5. The lowest BCUT2D eigenvalue weighted by Gasteiger charge is -2.55. The summed E-state index contributed by atoms with van der Waals surface area (Å²) in [6, 6.07) is 0.415. The highest BCUT2D eigenvalue weighted by Gasteiger charge is 2.48. The summed E-state index contributed by atoms with van der Waals surface area (Å²) in [7, 11) is 1.40. The van der Waals surface area contributed by atoms with Crippen LogP contribution in [0.5, 0.6) is 0 Å². The number of methoxy groups -OCH3 is 1. The number of carbonyl (C=O) groups is 3. The van der Waals surface area contributed by atoms with Crippen LogP contribution in [0, 0.1) is 11.8 Å². The molecule has 2 saturated heterocycles. The number of piperazine rings is 1. The summed E-state index contributed by atoms with van der Waals surface area (Å²) < 4.78 is 10.5. The molecule has 0 aromatic rings. The topological polar surface area (TPSA) is 88.2 Å². The van der Waals surface area contributed by atoms with Crippen molar-refractivity contribution in [3.8, 4) is 0 Å². The zero-order valence-electron chi connectivity index (χ0n) is 19.8. The number of rotatable bonds is 3. The Morgan fingerprint density at radius 1 is 0.969 bits per heavy atom. The summed E-state index contributed by atoms with van der Waals surface area (Å²) in [5.41, 5.74) is 0. The Morgan fingerprint density at radius 2 is 1.69 bits per heavy atom. The molecule has 3 amide bonds. The second-order valence-corrected chi connectivity index (χ2v) is 10.2. The number of carbonyl (C=O) groups excluding carboxylic acids is 3. The van der Waals surface area contributed by atoms with E-state index >= 15 is 0 Å². The summed E-state index contributed by atoms with van der Waals surface area (Å²) in [5, 5.41) is 2.94. The molecule has 2 aliphatic carbocycles. The van der Waals surface area contributed by atoms with Gasteiger partial charge in [0.25, 0.3) is 5.91 Å². The van der Waals surface area contributed by atoms with Gasteiger partial charge in [0.15, 0.2) is 0 Å². The number of ether oxygens (including phenoxy) is 2. The Morgan fingerprint density at radius 3 is 2.31 bits per heavy atom. The quantitative estimate of drug-likeness (QED) is 0.716. The van der Waals surface area contributed by atoms with E-state index in [1.165, 1.54) is 7.11 Å². The molecule has 5 atom stereocenters. The first-order valence-electron chi connectivity index (χ1n) is 12.4. The van der Waals surface area contributed by atoms with Crippen molar-refractivity contribution in [2.24, 2.45) is 11.8 Å². The first kappa shape index (κ1) is 23.3. The van der Waals surface area contributed by atoms with Gasteiger partial charge in [-0.25, -0.2) is 4.79 Å². The maximum absolute atomic E-state index is 13.4. The normalized spacial score (nSPS) is 37.5. The molecular weight excluding hydrogens is 410 g/mol. The van der Waals surface area contributed by atoms with Crippen molar-refractivity contribution in [2.75, 3.05) is 20.3 Å². The van der Waals surface area contributed by atoms with Crippen molar-refractivity contribution in [2.45, 2.75) is 102 Å². The summed E-state index contributed by atoms with van der Waals surface area (Å²) in [4.78, 5) is 41.5. The fraction of sp³-hybridized carbons (Fsp3) is 0.875. The number of hydrogen-bond acceptors (Lipinski definition) is 5. The van der Waals surface area contributed by atoms with Gasteiger partial charge in [-0.1, -0.05) is 0 Å². The number of amides is 3. The highest BCUT2D eigenvalue weighted by molar-refractivity contribution is 5.82. The Bertz CT molecular complexity index is 702. The van der Waals surface area contributed by atoms with Crippen molar-refractivity contribution in [3.63, 3.8) is 0 Å². The van der Waals surface area contributed by atoms with Gasteiger partial charge < -0.3 is 24.6 Å². The van der Waals surface area contributed by atoms with Crippen LogP contribution in [0.4, 0.5) is 4.79 Å². The Kier molecular flexibility index (Phi) is 7.27. The van der Waals surface area contributed by atoms with Crippen LogP contribution in [0.1, 0.15) is 71.6 Å². The van der Waals surface area contributed by atoms with E-state index in [4.69, 9.17) is 9.47 Å². The van der Waals surface area contributed by atoms with E-state index in [9.17, 15) is 14.4 Å². The van der Waals surface area contributed by atoms with Gasteiger partial charge in [-0.05, 0) is 76.5 Å². The summed E-state index contributed by atoms with van der Waals surface area (Å²) in [5.74, 6) is 1.40. The molecule has 1 N–H and O–H groups in total. The van der Waals surface area contributed by atoms with E-state index in [2.05, 4.69) is 17.1 Å². The average Bonchev–Trinajstić information content (AvgIpc) is 3.33. The van der Waals surface area contributed by atoms with Crippen LogP contribution in [0.25, 0.3) is 0 Å². The number of nitrogens with one attached hydrogen (secondary N) is 1. The monoisotopic (exact) mass is 449 g/mol. The fourth-order valence-corrected chi connectivity index (χ4v) is 6.80. The van der Waals surface area contributed by atoms with Gasteiger partial charge in [0.2, 0.25) is 5.91 Å². The van der Waals surface area contributed by atoms with Gasteiger partial charge in [-0.3, -0.25) is 9.59 Å². The lowest BCUT2D eigenvalue weighted by atomic mass is 9.68. The molecular formula is C24H39N3O5. The van der Waals surface area contributed by atoms with Gasteiger partial charge in [-0.2, -0.15) is 0 Å². The fourth-order valence-electron chi connectivity index (χ4n) is 6.80. The van der Waals surface area contributed by atoms with Crippen molar-refractivity contribution in [3.05, 3.63) is 0 Å². The number of hydrogen-bond donors (Lipinski definition) is 1. The van der Waals surface area contributed by atoms with E-state index in [-0.39, 0.29) is 48.2 Å². The van der Waals surface area contributed by atoms with Crippen LogP contribution >= 0.6 is 0 Å². The number of alkyl carbamates (subject to hydrolysis) is 1. The average molecular weight is 450 g/mol. The van der Waals surface area contributed by atoms with Gasteiger partial charge in [0.05, 0.1) is 19.2 Å². The van der Waals surface area contributed by atoms with Gasteiger partial charge in [0, 0.05) is 32.2 Å². The maximum atomic E-state index is 13.4. The standard InChI is InChI=1S/C24H39N3O5/c1-15-14-26(23(29)22-5-4-12-32-22)21-13-18(8-11-20(21)27(15)16(2)28)17-6-9-19(10-7-17)25-24(30)31-3/h15,17-22H,4-14H2,1-3H3,(H,25,30)/t15-,17?,18?,19?,20?,21?,22?/m0/s1. The van der Waals surface area contributed by atoms with Gasteiger partial charge in [-0.15, -0.1) is 0 Å². The van der Waals surface area contributed by atoms with Gasteiger partial charge >= 0.3 is 6.09 Å². The highest BCUT2D eigenvalue weighted by Crippen LogP contribution is 2.43. The van der Waals surface area contributed by atoms with Crippen LogP contribution in [-0.4, -0.2) is 78.2 Å². The molecule has 0 bridgehead atoms. The van der Waals surface area contributed by atoms with E-state index < -0.39 is 0 Å². The first-order chi connectivity index (χ1) is 15.4. The minimum atomic E-state index is -0.349. The second kappa shape index (κ2) is 9.98. The van der Waals surface area contributed by atoms with E-state index in [0.717, 1.165) is 57.8 Å². The smallest absolute Gasteiger partial charge is 0.407 e. The van der Waals surface area contributed by atoms with Crippen LogP contribution in [0.15, 0.2) is 0 Å². The van der Waals surface area contributed by atoms with Crippen LogP contribution in [0.2, 0.25) is 0 Å². The molecule has 4 unspecified atom stereocenters.